The third-order valence-electron chi connectivity index (χ3n) is 5.41. The molecule has 136 valence electrons. The number of hydrogen-bond donors (Lipinski definition) is 0. The Balaban J connectivity index is 1.63. The van der Waals surface area contributed by atoms with E-state index < -0.39 is 8.37 Å². The van der Waals surface area contributed by atoms with Gasteiger partial charge in [0.15, 0.2) is 8.37 Å². The van der Waals surface area contributed by atoms with Gasteiger partial charge in [0.05, 0.1) is 0 Å². The van der Waals surface area contributed by atoms with Gasteiger partial charge in [0.25, 0.3) is 0 Å². The fraction of sp³-hybridized carbons (Fsp3) is 0.217. The number of anilines is 3. The summed E-state index contributed by atoms with van der Waals surface area (Å²) in [6, 6.07) is 33.3. The van der Waals surface area contributed by atoms with Crippen LogP contribution >= 0.6 is 8.37 Å². The third-order valence-corrected chi connectivity index (χ3v) is 8.04. The molecular weight excluding hydrogens is 349 g/mol. The van der Waals surface area contributed by atoms with Gasteiger partial charge in [-0.3, -0.25) is 4.67 Å². The number of benzene rings is 3. The van der Waals surface area contributed by atoms with Crippen LogP contribution in [0.3, 0.4) is 0 Å². The molecule has 3 aromatic rings. The van der Waals surface area contributed by atoms with E-state index in [1.807, 2.05) is 0 Å². The molecule has 0 radical (unpaired) electrons. The first-order chi connectivity index (χ1) is 13.4. The molecule has 0 N–H and O–H groups in total. The molecule has 0 unspecified atom stereocenters. The Morgan fingerprint density at radius 3 is 1.89 bits per heavy atom. The van der Waals surface area contributed by atoms with E-state index in [4.69, 9.17) is 0 Å². The van der Waals surface area contributed by atoms with Gasteiger partial charge in [0, 0.05) is 36.2 Å². The number of nitrogens with zero attached hydrogens (tertiary/aromatic N) is 3. The Kier molecular flexibility index (Phi) is 4.57. The molecule has 2 aliphatic heterocycles. The highest BCUT2D eigenvalue weighted by Crippen LogP contribution is 2.61. The second-order valence-electron chi connectivity index (χ2n) is 7.13. The number of hydrogen-bond acceptors (Lipinski definition) is 3. The molecule has 2 atom stereocenters. The van der Waals surface area contributed by atoms with Gasteiger partial charge in [-0.25, -0.2) is 4.67 Å². The fourth-order valence-electron chi connectivity index (χ4n) is 4.18. The average Bonchev–Trinajstić information content (AvgIpc) is 3.33. The molecule has 2 aliphatic rings. The van der Waals surface area contributed by atoms with Crippen LogP contribution in [0.1, 0.15) is 12.8 Å². The van der Waals surface area contributed by atoms with Crippen LogP contribution in [0.2, 0.25) is 0 Å². The van der Waals surface area contributed by atoms with Crippen LogP contribution < -0.4 is 9.34 Å². The van der Waals surface area contributed by atoms with Crippen LogP contribution in [0.25, 0.3) is 0 Å². The van der Waals surface area contributed by atoms with Crippen LogP contribution in [-0.4, -0.2) is 23.8 Å². The third kappa shape index (κ3) is 3.12. The van der Waals surface area contributed by atoms with E-state index in [0.717, 1.165) is 6.54 Å². The molecular formula is C23H24N3P. The molecule has 0 spiro atoms. The zero-order valence-corrected chi connectivity index (χ0v) is 16.2. The van der Waals surface area contributed by atoms with E-state index >= 15 is 0 Å². The van der Waals surface area contributed by atoms with E-state index in [9.17, 15) is 0 Å². The van der Waals surface area contributed by atoms with E-state index in [1.54, 1.807) is 0 Å². The molecule has 2 fully saturated rings. The lowest BCUT2D eigenvalue weighted by atomic mass is 10.2. The largest absolute Gasteiger partial charge is 0.319 e. The number of fused-ring (bicyclic) bond motifs is 1. The quantitative estimate of drug-likeness (QED) is 0.517. The maximum absolute atomic E-state index is 2.75. The monoisotopic (exact) mass is 373 g/mol. The van der Waals surface area contributed by atoms with Crippen LogP contribution in [0.5, 0.6) is 0 Å². The second kappa shape index (κ2) is 7.34. The van der Waals surface area contributed by atoms with Gasteiger partial charge in [-0.15, -0.1) is 0 Å². The number of rotatable bonds is 4. The minimum absolute atomic E-state index is 0.641. The second-order valence-corrected chi connectivity index (χ2v) is 9.06. The van der Waals surface area contributed by atoms with Gasteiger partial charge in [-0.05, 0) is 49.2 Å². The average molecular weight is 373 g/mol. The molecule has 5 rings (SSSR count). The lowest BCUT2D eigenvalue weighted by molar-refractivity contribution is 0.465. The first-order valence-corrected chi connectivity index (χ1v) is 10.9. The van der Waals surface area contributed by atoms with Crippen molar-refractivity contribution in [3.05, 3.63) is 91.0 Å². The SMILES string of the molecule is c1ccc(N2C[C@@H]3CCCN3[P@@]2N(c2ccccc2)c2ccccc2)cc1. The predicted octanol–water partition coefficient (Wildman–Crippen LogP) is 6.04. The lowest BCUT2D eigenvalue weighted by Crippen LogP contribution is -2.27. The summed E-state index contributed by atoms with van der Waals surface area (Å²) in [6.45, 7) is 2.31. The summed E-state index contributed by atoms with van der Waals surface area (Å²) < 4.78 is 7.95. The van der Waals surface area contributed by atoms with Crippen molar-refractivity contribution in [2.24, 2.45) is 0 Å². The van der Waals surface area contributed by atoms with E-state index in [0.29, 0.717) is 6.04 Å². The van der Waals surface area contributed by atoms with Gasteiger partial charge < -0.3 is 4.67 Å². The van der Waals surface area contributed by atoms with Crippen LogP contribution in [0.4, 0.5) is 17.1 Å². The maximum atomic E-state index is 2.75. The summed E-state index contributed by atoms with van der Waals surface area (Å²) in [6.07, 6.45) is 2.61. The van der Waals surface area contributed by atoms with Gasteiger partial charge in [-0.2, -0.15) is 0 Å². The van der Waals surface area contributed by atoms with Gasteiger partial charge >= 0.3 is 0 Å². The summed E-state index contributed by atoms with van der Waals surface area (Å²) >= 11 is 0. The maximum Gasteiger partial charge on any atom is 0.183 e. The Hall–Kier alpha value is -2.35. The van der Waals surface area contributed by atoms with Crippen LogP contribution in [0, 0.1) is 0 Å². The van der Waals surface area contributed by atoms with E-state index in [1.165, 1.54) is 36.4 Å². The van der Waals surface area contributed by atoms with Crippen LogP contribution in [0.15, 0.2) is 91.0 Å². The molecule has 2 saturated heterocycles. The molecule has 2 heterocycles. The standard InChI is InChI=1S/C23H24N3P/c1-4-11-20(12-5-1)25-19-23-17-10-18-24(23)27(25)26(21-13-6-2-7-14-21)22-15-8-3-9-16-22/h1-9,11-16,23H,10,17-19H2/t23-,27+/m0/s1. The first-order valence-electron chi connectivity index (χ1n) is 9.71. The van der Waals surface area contributed by atoms with E-state index in [-0.39, 0.29) is 0 Å². The predicted molar refractivity (Wildman–Crippen MR) is 115 cm³/mol. The Labute approximate surface area is 162 Å². The van der Waals surface area contributed by atoms with Gasteiger partial charge in [0.2, 0.25) is 0 Å². The molecule has 3 nitrogen and oxygen atoms in total. The number of para-hydroxylation sites is 3. The lowest BCUT2D eigenvalue weighted by Gasteiger charge is -2.40. The van der Waals surface area contributed by atoms with Gasteiger partial charge in [0.1, 0.15) is 0 Å². The van der Waals surface area contributed by atoms with Crippen molar-refractivity contribution in [2.45, 2.75) is 18.9 Å². The molecule has 0 saturated carbocycles. The molecule has 0 aliphatic carbocycles. The van der Waals surface area contributed by atoms with Crippen molar-refractivity contribution in [1.82, 2.24) is 4.67 Å². The van der Waals surface area contributed by atoms with E-state index in [2.05, 4.69) is 105 Å². The molecule has 0 amide bonds. The van der Waals surface area contributed by atoms with Gasteiger partial charge in [-0.1, -0.05) is 54.6 Å². The molecule has 0 bridgehead atoms. The normalized spacial score (nSPS) is 22.0. The smallest absolute Gasteiger partial charge is 0.183 e. The summed E-state index contributed by atoms with van der Waals surface area (Å²) in [5, 5.41) is 0. The zero-order chi connectivity index (χ0) is 18.1. The Morgan fingerprint density at radius 2 is 1.30 bits per heavy atom. The summed E-state index contributed by atoms with van der Waals surface area (Å²) in [7, 11) is -0.641. The Bertz CT molecular complexity index is 832. The highest BCUT2D eigenvalue weighted by atomic mass is 31.2. The molecule has 0 aromatic heterocycles. The van der Waals surface area contributed by atoms with Crippen molar-refractivity contribution >= 4 is 25.4 Å². The van der Waals surface area contributed by atoms with Crippen molar-refractivity contribution in [1.29, 1.82) is 0 Å². The zero-order valence-electron chi connectivity index (χ0n) is 15.4. The molecule has 4 heteroatoms. The first kappa shape index (κ1) is 16.8. The summed E-state index contributed by atoms with van der Waals surface area (Å²) in [4.78, 5) is 0. The molecule has 3 aromatic carbocycles. The Morgan fingerprint density at radius 1 is 0.741 bits per heavy atom. The summed E-state index contributed by atoms with van der Waals surface area (Å²) in [5.41, 5.74) is 3.86. The topological polar surface area (TPSA) is 9.72 Å². The van der Waals surface area contributed by atoms with Crippen molar-refractivity contribution in [2.75, 3.05) is 22.4 Å². The van der Waals surface area contributed by atoms with Crippen molar-refractivity contribution in [3.63, 3.8) is 0 Å². The highest BCUT2D eigenvalue weighted by molar-refractivity contribution is 7.59. The molecule has 27 heavy (non-hydrogen) atoms. The highest BCUT2D eigenvalue weighted by Gasteiger charge is 2.46. The minimum Gasteiger partial charge on any atom is -0.319 e. The van der Waals surface area contributed by atoms with Crippen LogP contribution in [-0.2, 0) is 0 Å². The van der Waals surface area contributed by atoms with Crippen molar-refractivity contribution in [3.8, 4) is 0 Å². The summed E-state index contributed by atoms with van der Waals surface area (Å²) in [5.74, 6) is 0. The fourth-order valence-corrected chi connectivity index (χ4v) is 7.06. The minimum atomic E-state index is -0.641. The van der Waals surface area contributed by atoms with Crippen molar-refractivity contribution < 1.29 is 0 Å².